The van der Waals surface area contributed by atoms with Gasteiger partial charge >= 0.3 is 0 Å². The molecule has 0 saturated carbocycles. The van der Waals surface area contributed by atoms with Crippen LogP contribution in [0.5, 0.6) is 0 Å². The van der Waals surface area contributed by atoms with Crippen molar-refractivity contribution >= 4 is 16.1 Å². The van der Waals surface area contributed by atoms with Gasteiger partial charge < -0.3 is 0 Å². The molecule has 1 heterocycles. The van der Waals surface area contributed by atoms with E-state index in [0.29, 0.717) is 0 Å². The molecule has 1 rings (SSSR count). The van der Waals surface area contributed by atoms with E-state index in [0.717, 1.165) is 6.54 Å². The number of rotatable bonds is 2. The zero-order valence-corrected chi connectivity index (χ0v) is 12.3. The van der Waals surface area contributed by atoms with Crippen LogP contribution in [-0.4, -0.2) is 22.7 Å². The average molecular weight is 226 g/mol. The molecule has 0 radical (unpaired) electrons. The van der Waals surface area contributed by atoms with E-state index in [1.165, 1.54) is 11.7 Å². The standard InChI is InChI=1S/C10H22N2Si2/c1-13(2,3)9-7-8-11-12-10(9)14(4,5)6/h7-8H2,1-6H3. The molecule has 14 heavy (non-hydrogen) atoms. The van der Waals surface area contributed by atoms with Crippen molar-refractivity contribution in [3.05, 3.63) is 10.5 Å². The summed E-state index contributed by atoms with van der Waals surface area (Å²) in [4.78, 5) is 0. The number of nitrogens with zero attached hydrogens (tertiary/aromatic N) is 2. The molecule has 0 bridgehead atoms. The predicted octanol–water partition coefficient (Wildman–Crippen LogP) is 3.85. The van der Waals surface area contributed by atoms with E-state index in [1.54, 1.807) is 5.20 Å². The van der Waals surface area contributed by atoms with Gasteiger partial charge in [0.2, 0.25) is 0 Å². The molecule has 0 aliphatic carbocycles. The predicted molar refractivity (Wildman–Crippen MR) is 68.1 cm³/mol. The first kappa shape index (κ1) is 11.8. The number of hydrogen-bond acceptors (Lipinski definition) is 2. The molecular weight excluding hydrogens is 204 g/mol. The Labute approximate surface area is 89.5 Å². The third-order valence-electron chi connectivity index (χ3n) is 2.53. The van der Waals surface area contributed by atoms with E-state index in [9.17, 15) is 0 Å². The molecule has 80 valence electrons. The Morgan fingerprint density at radius 2 is 1.50 bits per heavy atom. The summed E-state index contributed by atoms with van der Waals surface area (Å²) in [5.74, 6) is 0. The van der Waals surface area contributed by atoms with Crippen LogP contribution in [0.1, 0.15) is 6.42 Å². The van der Waals surface area contributed by atoms with Gasteiger partial charge in [0.25, 0.3) is 0 Å². The second-order valence-corrected chi connectivity index (χ2v) is 16.1. The van der Waals surface area contributed by atoms with Crippen molar-refractivity contribution in [2.75, 3.05) is 6.54 Å². The molecule has 2 nitrogen and oxygen atoms in total. The Hall–Kier alpha value is -0.226. The van der Waals surface area contributed by atoms with Gasteiger partial charge in [0.1, 0.15) is 8.07 Å². The Morgan fingerprint density at radius 1 is 0.929 bits per heavy atom. The summed E-state index contributed by atoms with van der Waals surface area (Å²) in [5.41, 5.74) is 0. The first-order valence-electron chi connectivity index (χ1n) is 5.34. The zero-order chi connectivity index (χ0) is 11.0. The normalized spacial score (nSPS) is 19.0. The molecule has 0 atom stereocenters. The first-order valence-corrected chi connectivity index (χ1v) is 12.3. The van der Waals surface area contributed by atoms with E-state index in [-0.39, 0.29) is 0 Å². The minimum atomic E-state index is -1.28. The Bertz CT molecular complexity index is 279. The van der Waals surface area contributed by atoms with Gasteiger partial charge in [-0.25, -0.2) is 0 Å². The van der Waals surface area contributed by atoms with E-state index >= 15 is 0 Å². The van der Waals surface area contributed by atoms with Crippen LogP contribution < -0.4 is 0 Å². The van der Waals surface area contributed by atoms with Crippen LogP contribution in [0.25, 0.3) is 0 Å². The summed E-state index contributed by atoms with van der Waals surface area (Å²) < 4.78 is 0. The molecule has 0 saturated heterocycles. The van der Waals surface area contributed by atoms with Crippen LogP contribution in [0, 0.1) is 0 Å². The van der Waals surface area contributed by atoms with Gasteiger partial charge in [0.15, 0.2) is 0 Å². The summed E-state index contributed by atoms with van der Waals surface area (Å²) in [7, 11) is -2.44. The average Bonchev–Trinajstić information content (AvgIpc) is 2.01. The Morgan fingerprint density at radius 3 is 1.86 bits per heavy atom. The van der Waals surface area contributed by atoms with Gasteiger partial charge in [-0.15, -0.1) is 0 Å². The smallest absolute Gasteiger partial charge is 0.103 e. The van der Waals surface area contributed by atoms with E-state index in [4.69, 9.17) is 0 Å². The third kappa shape index (κ3) is 2.64. The Kier molecular flexibility index (Phi) is 3.16. The monoisotopic (exact) mass is 226 g/mol. The molecule has 0 amide bonds. The summed E-state index contributed by atoms with van der Waals surface area (Å²) in [6, 6.07) is 0. The van der Waals surface area contributed by atoms with Crippen LogP contribution >= 0.6 is 0 Å². The number of azo groups is 1. The molecule has 0 unspecified atom stereocenters. The third-order valence-corrected chi connectivity index (χ3v) is 6.90. The fourth-order valence-electron chi connectivity index (χ4n) is 1.79. The van der Waals surface area contributed by atoms with Gasteiger partial charge in [-0.3, -0.25) is 0 Å². The second kappa shape index (κ2) is 3.73. The molecule has 0 spiro atoms. The Balaban J connectivity index is 3.18. The minimum Gasteiger partial charge on any atom is -0.189 e. The maximum absolute atomic E-state index is 4.45. The highest BCUT2D eigenvalue weighted by atomic mass is 28.3. The van der Waals surface area contributed by atoms with Crippen molar-refractivity contribution in [1.29, 1.82) is 0 Å². The lowest BCUT2D eigenvalue weighted by Crippen LogP contribution is -2.34. The summed E-state index contributed by atoms with van der Waals surface area (Å²) in [6.07, 6.45) is 1.17. The quantitative estimate of drug-likeness (QED) is 0.639. The largest absolute Gasteiger partial charge is 0.189 e. The highest BCUT2D eigenvalue weighted by Crippen LogP contribution is 2.31. The maximum atomic E-state index is 4.45. The topological polar surface area (TPSA) is 24.7 Å². The van der Waals surface area contributed by atoms with Crippen molar-refractivity contribution < 1.29 is 0 Å². The molecule has 0 N–H and O–H groups in total. The zero-order valence-electron chi connectivity index (χ0n) is 10.3. The van der Waals surface area contributed by atoms with Crippen molar-refractivity contribution in [2.45, 2.75) is 45.7 Å². The van der Waals surface area contributed by atoms with Crippen LogP contribution in [0.15, 0.2) is 20.7 Å². The molecule has 4 heteroatoms. The van der Waals surface area contributed by atoms with Crippen LogP contribution in [-0.2, 0) is 0 Å². The van der Waals surface area contributed by atoms with Gasteiger partial charge in [-0.05, 0) is 6.42 Å². The molecule has 0 fully saturated rings. The lowest BCUT2D eigenvalue weighted by Gasteiger charge is -2.30. The molecular formula is C10H22N2Si2. The number of hydrogen-bond donors (Lipinski definition) is 0. The maximum Gasteiger partial charge on any atom is 0.103 e. The fraction of sp³-hybridized carbons (Fsp3) is 0.800. The van der Waals surface area contributed by atoms with Crippen molar-refractivity contribution in [3.8, 4) is 0 Å². The van der Waals surface area contributed by atoms with Crippen LogP contribution in [0.4, 0.5) is 0 Å². The van der Waals surface area contributed by atoms with Crippen LogP contribution in [0.3, 0.4) is 0 Å². The van der Waals surface area contributed by atoms with E-state index in [1.807, 2.05) is 0 Å². The minimum absolute atomic E-state index is 0.910. The summed E-state index contributed by atoms with van der Waals surface area (Å²) >= 11 is 0. The molecule has 0 aromatic heterocycles. The molecule has 0 aromatic rings. The van der Waals surface area contributed by atoms with Gasteiger partial charge in [0, 0.05) is 5.32 Å². The van der Waals surface area contributed by atoms with Gasteiger partial charge in [-0.2, -0.15) is 10.2 Å². The van der Waals surface area contributed by atoms with Gasteiger partial charge in [0.05, 0.1) is 14.6 Å². The van der Waals surface area contributed by atoms with E-state index in [2.05, 4.69) is 49.5 Å². The summed E-state index contributed by atoms with van der Waals surface area (Å²) in [6.45, 7) is 15.3. The highest BCUT2D eigenvalue weighted by Gasteiger charge is 2.31. The first-order chi connectivity index (χ1) is 6.23. The van der Waals surface area contributed by atoms with Crippen molar-refractivity contribution in [2.24, 2.45) is 10.2 Å². The van der Waals surface area contributed by atoms with Crippen molar-refractivity contribution in [3.63, 3.8) is 0 Å². The molecule has 0 aromatic carbocycles. The lowest BCUT2D eigenvalue weighted by molar-refractivity contribution is 0.855. The molecule has 1 aliphatic heterocycles. The summed E-state index contributed by atoms with van der Waals surface area (Å²) in [5, 5.41) is 11.7. The highest BCUT2D eigenvalue weighted by molar-refractivity contribution is 6.89. The SMILES string of the molecule is C[Si](C)(C)C1=C([Si](C)(C)C)N=NCC1. The lowest BCUT2D eigenvalue weighted by atomic mass is 10.4. The van der Waals surface area contributed by atoms with E-state index < -0.39 is 16.1 Å². The van der Waals surface area contributed by atoms with Crippen LogP contribution in [0.2, 0.25) is 39.3 Å². The molecule has 1 aliphatic rings. The van der Waals surface area contributed by atoms with Gasteiger partial charge in [-0.1, -0.05) is 44.5 Å². The fourth-order valence-corrected chi connectivity index (χ4v) is 7.07. The second-order valence-electron chi connectivity index (χ2n) is 6.04. The van der Waals surface area contributed by atoms with Crippen molar-refractivity contribution in [1.82, 2.24) is 0 Å².